The molecule has 1 aromatic heterocycles. The molecule has 0 unspecified atom stereocenters. The Balaban J connectivity index is 1.59. The standard InChI is InChI=1S/C21H26ClN3O2/c1-4-26-19-12-15(11-16(22)21(19)27-14(2)3)13-23-10-9-20-24-17-7-5-6-8-18(17)25-20/h5-8,11-12,14,23H,4,9-10,13H2,1-3H3,(H,24,25). The lowest BCUT2D eigenvalue weighted by molar-refractivity contribution is 0.224. The maximum atomic E-state index is 6.42. The van der Waals surface area contributed by atoms with Gasteiger partial charge in [-0.15, -0.1) is 0 Å². The molecule has 0 saturated heterocycles. The number of halogens is 1. The fourth-order valence-electron chi connectivity index (χ4n) is 2.90. The van der Waals surface area contributed by atoms with Crippen LogP contribution in [-0.4, -0.2) is 29.2 Å². The van der Waals surface area contributed by atoms with E-state index < -0.39 is 0 Å². The van der Waals surface area contributed by atoms with Crippen molar-refractivity contribution in [2.75, 3.05) is 13.2 Å². The second kappa shape index (κ2) is 9.11. The SMILES string of the molecule is CCOc1cc(CNCCc2nc3ccccc3[nH]2)cc(Cl)c1OC(C)C. The lowest BCUT2D eigenvalue weighted by Crippen LogP contribution is -2.17. The Morgan fingerprint density at radius 2 is 2.04 bits per heavy atom. The zero-order chi connectivity index (χ0) is 19.2. The number of H-pyrrole nitrogens is 1. The predicted molar refractivity (Wildman–Crippen MR) is 110 cm³/mol. The number of aromatic amines is 1. The molecule has 0 spiro atoms. The first-order chi connectivity index (χ1) is 13.1. The molecule has 5 nitrogen and oxygen atoms in total. The molecular formula is C21H26ClN3O2. The Bertz CT molecular complexity index is 859. The topological polar surface area (TPSA) is 59.2 Å². The van der Waals surface area contributed by atoms with Crippen LogP contribution in [0, 0.1) is 0 Å². The molecule has 0 amide bonds. The van der Waals surface area contributed by atoms with Gasteiger partial charge in [0.2, 0.25) is 0 Å². The van der Waals surface area contributed by atoms with Crippen LogP contribution in [0.5, 0.6) is 11.5 Å². The predicted octanol–water partition coefficient (Wildman–Crippen LogP) is 4.73. The number of nitrogens with one attached hydrogen (secondary N) is 2. The van der Waals surface area contributed by atoms with E-state index in [1.165, 1.54) is 0 Å². The van der Waals surface area contributed by atoms with Crippen molar-refractivity contribution in [2.45, 2.75) is 39.8 Å². The summed E-state index contributed by atoms with van der Waals surface area (Å²) in [5, 5.41) is 4.01. The Hall–Kier alpha value is -2.24. The number of ether oxygens (including phenoxy) is 2. The fourth-order valence-corrected chi connectivity index (χ4v) is 3.18. The van der Waals surface area contributed by atoms with E-state index in [0.29, 0.717) is 29.7 Å². The molecule has 0 saturated carbocycles. The van der Waals surface area contributed by atoms with Gasteiger partial charge in [-0.3, -0.25) is 0 Å². The first-order valence-corrected chi connectivity index (χ1v) is 9.70. The van der Waals surface area contributed by atoms with Gasteiger partial charge < -0.3 is 19.8 Å². The Labute approximate surface area is 165 Å². The molecule has 0 aliphatic carbocycles. The molecular weight excluding hydrogens is 362 g/mol. The summed E-state index contributed by atoms with van der Waals surface area (Å²) in [6.07, 6.45) is 0.865. The van der Waals surface area contributed by atoms with Crippen molar-refractivity contribution in [3.8, 4) is 11.5 Å². The third kappa shape index (κ3) is 5.15. The number of hydrogen-bond donors (Lipinski definition) is 2. The number of nitrogens with zero attached hydrogens (tertiary/aromatic N) is 1. The van der Waals surface area contributed by atoms with E-state index in [2.05, 4.69) is 15.3 Å². The molecule has 0 radical (unpaired) electrons. The van der Waals surface area contributed by atoms with Gasteiger partial charge in [-0.25, -0.2) is 4.98 Å². The Morgan fingerprint density at radius 1 is 1.22 bits per heavy atom. The van der Waals surface area contributed by atoms with Crippen LogP contribution in [-0.2, 0) is 13.0 Å². The van der Waals surface area contributed by atoms with Gasteiger partial charge in [-0.05, 0) is 50.6 Å². The van der Waals surface area contributed by atoms with Crippen molar-refractivity contribution in [3.63, 3.8) is 0 Å². The molecule has 0 fully saturated rings. The van der Waals surface area contributed by atoms with Crippen LogP contribution in [0.2, 0.25) is 5.02 Å². The summed E-state index contributed by atoms with van der Waals surface area (Å²) in [4.78, 5) is 7.94. The van der Waals surface area contributed by atoms with E-state index in [9.17, 15) is 0 Å². The summed E-state index contributed by atoms with van der Waals surface area (Å²) in [6.45, 7) is 7.96. The maximum absolute atomic E-state index is 6.42. The summed E-state index contributed by atoms with van der Waals surface area (Å²) >= 11 is 6.42. The number of hydrogen-bond acceptors (Lipinski definition) is 4. The minimum absolute atomic E-state index is 0.0366. The fraction of sp³-hybridized carbons (Fsp3) is 0.381. The third-order valence-electron chi connectivity index (χ3n) is 4.03. The van der Waals surface area contributed by atoms with Gasteiger partial charge in [0.1, 0.15) is 5.82 Å². The molecule has 0 atom stereocenters. The van der Waals surface area contributed by atoms with Crippen LogP contribution in [0.3, 0.4) is 0 Å². The van der Waals surface area contributed by atoms with Crippen LogP contribution in [0.4, 0.5) is 0 Å². The lowest BCUT2D eigenvalue weighted by Gasteiger charge is -2.17. The molecule has 0 aliphatic heterocycles. The van der Waals surface area contributed by atoms with Crippen molar-refractivity contribution < 1.29 is 9.47 Å². The molecule has 3 rings (SSSR count). The molecule has 27 heavy (non-hydrogen) atoms. The minimum atomic E-state index is 0.0366. The number of para-hydroxylation sites is 2. The smallest absolute Gasteiger partial charge is 0.180 e. The van der Waals surface area contributed by atoms with E-state index >= 15 is 0 Å². The number of imidazole rings is 1. The van der Waals surface area contributed by atoms with E-state index in [4.69, 9.17) is 21.1 Å². The molecule has 144 valence electrons. The normalized spacial score (nSPS) is 11.3. The van der Waals surface area contributed by atoms with Crippen LogP contribution in [0.1, 0.15) is 32.2 Å². The number of rotatable bonds is 9. The van der Waals surface area contributed by atoms with Gasteiger partial charge >= 0.3 is 0 Å². The maximum Gasteiger partial charge on any atom is 0.180 e. The first kappa shape index (κ1) is 19.5. The summed E-state index contributed by atoms with van der Waals surface area (Å²) in [5.41, 5.74) is 3.13. The Morgan fingerprint density at radius 3 is 2.78 bits per heavy atom. The number of aromatic nitrogens is 2. The summed E-state index contributed by atoms with van der Waals surface area (Å²) in [5.74, 6) is 2.28. The van der Waals surface area contributed by atoms with E-state index in [-0.39, 0.29) is 6.10 Å². The average Bonchev–Trinajstić information content (AvgIpc) is 3.04. The van der Waals surface area contributed by atoms with Gasteiger partial charge in [0.25, 0.3) is 0 Å². The molecule has 6 heteroatoms. The molecule has 3 aromatic rings. The van der Waals surface area contributed by atoms with Crippen LogP contribution < -0.4 is 14.8 Å². The van der Waals surface area contributed by atoms with Crippen LogP contribution in [0.25, 0.3) is 11.0 Å². The van der Waals surface area contributed by atoms with E-state index in [0.717, 1.165) is 35.4 Å². The van der Waals surface area contributed by atoms with Crippen LogP contribution >= 0.6 is 11.6 Å². The van der Waals surface area contributed by atoms with E-state index in [1.807, 2.05) is 57.2 Å². The highest BCUT2D eigenvalue weighted by Gasteiger charge is 2.14. The molecule has 2 N–H and O–H groups in total. The van der Waals surface area contributed by atoms with Crippen molar-refractivity contribution in [3.05, 3.63) is 52.8 Å². The van der Waals surface area contributed by atoms with Crippen molar-refractivity contribution in [2.24, 2.45) is 0 Å². The first-order valence-electron chi connectivity index (χ1n) is 9.33. The number of benzene rings is 2. The second-order valence-corrected chi connectivity index (χ2v) is 7.04. The highest BCUT2D eigenvalue weighted by molar-refractivity contribution is 6.32. The summed E-state index contributed by atoms with van der Waals surface area (Å²) in [7, 11) is 0. The molecule has 2 aromatic carbocycles. The molecule has 0 bridgehead atoms. The van der Waals surface area contributed by atoms with Crippen molar-refractivity contribution >= 4 is 22.6 Å². The molecule has 1 heterocycles. The largest absolute Gasteiger partial charge is 0.490 e. The zero-order valence-corrected chi connectivity index (χ0v) is 16.8. The van der Waals surface area contributed by atoms with Crippen molar-refractivity contribution in [1.29, 1.82) is 0 Å². The third-order valence-corrected chi connectivity index (χ3v) is 4.31. The number of fused-ring (bicyclic) bond motifs is 1. The minimum Gasteiger partial charge on any atom is -0.490 e. The zero-order valence-electron chi connectivity index (χ0n) is 16.0. The van der Waals surface area contributed by atoms with Gasteiger partial charge in [0, 0.05) is 19.5 Å². The highest BCUT2D eigenvalue weighted by atomic mass is 35.5. The van der Waals surface area contributed by atoms with Gasteiger partial charge in [0.15, 0.2) is 11.5 Å². The highest BCUT2D eigenvalue weighted by Crippen LogP contribution is 2.37. The van der Waals surface area contributed by atoms with Gasteiger partial charge in [-0.1, -0.05) is 23.7 Å². The van der Waals surface area contributed by atoms with Crippen molar-refractivity contribution in [1.82, 2.24) is 15.3 Å². The van der Waals surface area contributed by atoms with E-state index in [1.54, 1.807) is 0 Å². The monoisotopic (exact) mass is 387 g/mol. The second-order valence-electron chi connectivity index (χ2n) is 6.63. The molecule has 0 aliphatic rings. The van der Waals surface area contributed by atoms with Crippen LogP contribution in [0.15, 0.2) is 36.4 Å². The van der Waals surface area contributed by atoms with Gasteiger partial charge in [-0.2, -0.15) is 0 Å². The lowest BCUT2D eigenvalue weighted by atomic mass is 10.2. The van der Waals surface area contributed by atoms with Gasteiger partial charge in [0.05, 0.1) is 28.8 Å². The Kier molecular flexibility index (Phi) is 6.58. The summed E-state index contributed by atoms with van der Waals surface area (Å²) < 4.78 is 11.5. The summed E-state index contributed by atoms with van der Waals surface area (Å²) in [6, 6.07) is 12.0. The average molecular weight is 388 g/mol. The quantitative estimate of drug-likeness (QED) is 0.521.